The van der Waals surface area contributed by atoms with E-state index >= 15 is 0 Å². The fourth-order valence-corrected chi connectivity index (χ4v) is 0.929. The molecule has 0 unspecified atom stereocenters. The van der Waals surface area contributed by atoms with E-state index in [0.29, 0.717) is 11.4 Å². The van der Waals surface area contributed by atoms with Gasteiger partial charge in [0.2, 0.25) is 0 Å². The van der Waals surface area contributed by atoms with Gasteiger partial charge in [-0.25, -0.2) is 0 Å². The van der Waals surface area contributed by atoms with Crippen LogP contribution in [0.3, 0.4) is 0 Å². The van der Waals surface area contributed by atoms with Crippen molar-refractivity contribution in [2.45, 2.75) is 0 Å². The lowest BCUT2D eigenvalue weighted by Crippen LogP contribution is -1.80. The van der Waals surface area contributed by atoms with Gasteiger partial charge in [-0.05, 0) is 0 Å². The zero-order valence-electron chi connectivity index (χ0n) is 5.09. The molecule has 0 saturated carbocycles. The van der Waals surface area contributed by atoms with Crippen LogP contribution in [0.15, 0.2) is 16.5 Å². The molecule has 10 heavy (non-hydrogen) atoms. The minimum absolute atomic E-state index is 0.0961. The molecule has 2 aromatic rings. The summed E-state index contributed by atoms with van der Waals surface area (Å²) in [6.07, 6.45) is 0. The van der Waals surface area contributed by atoms with E-state index < -0.39 is 0 Å². The summed E-state index contributed by atoms with van der Waals surface area (Å²) in [6, 6.07) is 3.10. The Morgan fingerprint density at radius 1 is 1.50 bits per heavy atom. The Labute approximate surface area is 56.3 Å². The minimum Gasteiger partial charge on any atom is -0.481 e. The molecule has 0 aliphatic carbocycles. The number of nitrogens with one attached hydrogen (secondary N) is 1. The molecule has 2 aromatic heterocycles. The van der Waals surface area contributed by atoms with Gasteiger partial charge in [0, 0.05) is 12.1 Å². The standard InChI is InChI=1S/C6H6N2O2/c7-5-2-4-3(8-5)1-6(9)10-4/h1-2,8-9H,7H2. The van der Waals surface area contributed by atoms with Crippen LogP contribution in [-0.4, -0.2) is 10.1 Å². The first kappa shape index (κ1) is 5.22. The number of nitrogens with two attached hydrogens (primary N) is 1. The summed E-state index contributed by atoms with van der Waals surface area (Å²) in [6.45, 7) is 0. The van der Waals surface area contributed by atoms with Gasteiger partial charge < -0.3 is 20.2 Å². The van der Waals surface area contributed by atoms with Crippen LogP contribution < -0.4 is 5.73 Å². The molecule has 0 bridgehead atoms. The molecule has 2 rings (SSSR count). The zero-order chi connectivity index (χ0) is 7.14. The summed E-state index contributed by atoms with van der Waals surface area (Å²) < 4.78 is 4.83. The molecule has 0 saturated heterocycles. The first-order valence-electron chi connectivity index (χ1n) is 2.83. The SMILES string of the molecule is Nc1cc2oc(O)cc2[nH]1. The van der Waals surface area contributed by atoms with Crippen molar-refractivity contribution in [3.8, 4) is 5.95 Å². The average molecular weight is 138 g/mol. The smallest absolute Gasteiger partial charge is 0.284 e. The number of fused-ring (bicyclic) bond motifs is 1. The van der Waals surface area contributed by atoms with Crippen molar-refractivity contribution in [3.63, 3.8) is 0 Å². The Morgan fingerprint density at radius 2 is 2.30 bits per heavy atom. The molecule has 0 radical (unpaired) electrons. The molecule has 0 fully saturated rings. The van der Waals surface area contributed by atoms with Gasteiger partial charge in [-0.2, -0.15) is 0 Å². The van der Waals surface area contributed by atoms with Crippen LogP contribution in [-0.2, 0) is 0 Å². The maximum absolute atomic E-state index is 8.81. The molecular formula is C6H6N2O2. The number of hydrogen-bond acceptors (Lipinski definition) is 3. The van der Waals surface area contributed by atoms with E-state index in [1.165, 1.54) is 6.07 Å². The largest absolute Gasteiger partial charge is 0.481 e. The number of nitrogen functional groups attached to an aromatic ring is 1. The van der Waals surface area contributed by atoms with Crippen molar-refractivity contribution in [1.82, 2.24) is 4.98 Å². The highest BCUT2D eigenvalue weighted by molar-refractivity contribution is 5.79. The topological polar surface area (TPSA) is 75.2 Å². The number of furan rings is 1. The summed E-state index contributed by atoms with van der Waals surface area (Å²) in [5.41, 5.74) is 6.68. The van der Waals surface area contributed by atoms with E-state index in [2.05, 4.69) is 4.98 Å². The molecular weight excluding hydrogens is 132 g/mol. The number of aromatic hydroxyl groups is 1. The van der Waals surface area contributed by atoms with Crippen LogP contribution in [0.5, 0.6) is 5.95 Å². The molecule has 0 atom stereocenters. The summed E-state index contributed by atoms with van der Waals surface area (Å²) >= 11 is 0. The number of hydrogen-bond donors (Lipinski definition) is 3. The van der Waals surface area contributed by atoms with Gasteiger partial charge in [-0.1, -0.05) is 0 Å². The molecule has 52 valence electrons. The molecule has 0 spiro atoms. The number of anilines is 1. The van der Waals surface area contributed by atoms with Gasteiger partial charge in [-0.3, -0.25) is 0 Å². The predicted octanol–water partition coefficient (Wildman–Crippen LogP) is 1.05. The van der Waals surface area contributed by atoms with Crippen LogP contribution in [0.4, 0.5) is 5.82 Å². The van der Waals surface area contributed by atoms with Crippen LogP contribution in [0.1, 0.15) is 0 Å². The highest BCUT2D eigenvalue weighted by atomic mass is 16.5. The number of aromatic amines is 1. The maximum Gasteiger partial charge on any atom is 0.284 e. The van der Waals surface area contributed by atoms with E-state index in [-0.39, 0.29) is 5.95 Å². The third-order valence-electron chi connectivity index (χ3n) is 1.31. The summed E-state index contributed by atoms with van der Waals surface area (Å²) in [5.74, 6) is 0.440. The van der Waals surface area contributed by atoms with Gasteiger partial charge in [0.25, 0.3) is 5.95 Å². The Hall–Kier alpha value is -1.58. The third-order valence-corrected chi connectivity index (χ3v) is 1.31. The fourth-order valence-electron chi connectivity index (χ4n) is 0.929. The third kappa shape index (κ3) is 0.556. The first-order valence-corrected chi connectivity index (χ1v) is 2.83. The number of H-pyrrole nitrogens is 1. The van der Waals surface area contributed by atoms with Crippen molar-refractivity contribution in [2.24, 2.45) is 0 Å². The number of rotatable bonds is 0. The van der Waals surface area contributed by atoms with Crippen molar-refractivity contribution in [2.75, 3.05) is 5.73 Å². The highest BCUT2D eigenvalue weighted by Gasteiger charge is 2.03. The molecule has 4 heteroatoms. The lowest BCUT2D eigenvalue weighted by atomic mass is 10.5. The molecule has 0 aliphatic heterocycles. The summed E-state index contributed by atoms with van der Waals surface area (Å²) in [7, 11) is 0. The van der Waals surface area contributed by atoms with Gasteiger partial charge in [0.05, 0.1) is 5.52 Å². The monoisotopic (exact) mass is 138 g/mol. The quantitative estimate of drug-likeness (QED) is 0.509. The van der Waals surface area contributed by atoms with E-state index in [1.54, 1.807) is 6.07 Å². The summed E-state index contributed by atoms with van der Waals surface area (Å²) in [5, 5.41) is 8.81. The second-order valence-electron chi connectivity index (χ2n) is 2.09. The lowest BCUT2D eigenvalue weighted by Gasteiger charge is -1.78. The second kappa shape index (κ2) is 1.47. The van der Waals surface area contributed by atoms with E-state index in [4.69, 9.17) is 15.3 Å². The van der Waals surface area contributed by atoms with Crippen molar-refractivity contribution in [3.05, 3.63) is 12.1 Å². The number of aromatic nitrogens is 1. The molecule has 2 heterocycles. The minimum atomic E-state index is -0.0961. The Morgan fingerprint density at radius 3 is 3.00 bits per heavy atom. The average Bonchev–Trinajstić information content (AvgIpc) is 2.21. The Bertz CT molecular complexity index is 298. The lowest BCUT2D eigenvalue weighted by molar-refractivity contribution is 0.346. The van der Waals surface area contributed by atoms with E-state index in [0.717, 1.165) is 5.52 Å². The van der Waals surface area contributed by atoms with Crippen LogP contribution >= 0.6 is 0 Å². The molecule has 4 nitrogen and oxygen atoms in total. The molecule has 4 N–H and O–H groups in total. The molecule has 0 amide bonds. The van der Waals surface area contributed by atoms with Crippen LogP contribution in [0, 0.1) is 0 Å². The van der Waals surface area contributed by atoms with Crippen LogP contribution in [0.2, 0.25) is 0 Å². The van der Waals surface area contributed by atoms with Crippen molar-refractivity contribution < 1.29 is 9.52 Å². The highest BCUT2D eigenvalue weighted by Crippen LogP contribution is 2.24. The zero-order valence-corrected chi connectivity index (χ0v) is 5.09. The predicted molar refractivity (Wildman–Crippen MR) is 36.6 cm³/mol. The molecule has 0 aliphatic rings. The maximum atomic E-state index is 8.81. The van der Waals surface area contributed by atoms with Crippen molar-refractivity contribution in [1.29, 1.82) is 0 Å². The fraction of sp³-hybridized carbons (Fsp3) is 0. The van der Waals surface area contributed by atoms with E-state index in [9.17, 15) is 0 Å². The van der Waals surface area contributed by atoms with Crippen molar-refractivity contribution >= 4 is 16.9 Å². The second-order valence-corrected chi connectivity index (χ2v) is 2.09. The Balaban J connectivity index is 2.83. The van der Waals surface area contributed by atoms with E-state index in [1.807, 2.05) is 0 Å². The van der Waals surface area contributed by atoms with Gasteiger partial charge in [-0.15, -0.1) is 0 Å². The van der Waals surface area contributed by atoms with Gasteiger partial charge >= 0.3 is 0 Å². The van der Waals surface area contributed by atoms with Gasteiger partial charge in [0.1, 0.15) is 5.82 Å². The molecule has 0 aromatic carbocycles. The normalized spacial score (nSPS) is 10.8. The van der Waals surface area contributed by atoms with Gasteiger partial charge in [0.15, 0.2) is 5.58 Å². The Kier molecular flexibility index (Phi) is 0.768. The van der Waals surface area contributed by atoms with Crippen LogP contribution in [0.25, 0.3) is 11.1 Å². The first-order chi connectivity index (χ1) is 4.75. The summed E-state index contributed by atoms with van der Waals surface area (Å²) in [4.78, 5) is 2.80.